The van der Waals surface area contributed by atoms with Crippen molar-refractivity contribution in [2.24, 2.45) is 5.92 Å². The number of ether oxygens (including phenoxy) is 2. The van der Waals surface area contributed by atoms with E-state index in [1.165, 1.54) is 12.8 Å². The van der Waals surface area contributed by atoms with Crippen molar-refractivity contribution in [1.29, 1.82) is 0 Å². The Hall–Kier alpha value is -2.67. The number of amides is 1. The average Bonchev–Trinajstić information content (AvgIpc) is 3.64. The number of carbonyl (C=O) groups excluding carboxylic acids is 1. The Balaban J connectivity index is 1.29. The molecule has 7 heteroatoms. The van der Waals surface area contributed by atoms with Crippen LogP contribution in [0.5, 0.6) is 11.6 Å². The van der Waals surface area contributed by atoms with Crippen LogP contribution < -0.4 is 9.47 Å². The molecule has 4 rings (SSSR count). The van der Waals surface area contributed by atoms with E-state index in [9.17, 15) is 4.79 Å². The molecule has 2 aromatic rings. The highest BCUT2D eigenvalue weighted by Crippen LogP contribution is 2.29. The van der Waals surface area contributed by atoms with Gasteiger partial charge in [-0.05, 0) is 51.5 Å². The number of hydrogen-bond donors (Lipinski definition) is 0. The average molecular weight is 439 g/mol. The highest BCUT2D eigenvalue weighted by atomic mass is 16.5. The predicted octanol–water partition coefficient (Wildman–Crippen LogP) is 3.63. The predicted molar refractivity (Wildman–Crippen MR) is 123 cm³/mol. The Morgan fingerprint density at radius 1 is 1.12 bits per heavy atom. The fourth-order valence-corrected chi connectivity index (χ4v) is 4.36. The lowest BCUT2D eigenvalue weighted by Gasteiger charge is -2.36. The number of pyridine rings is 2. The highest BCUT2D eigenvalue weighted by molar-refractivity contribution is 5.94. The molecule has 2 fully saturated rings. The number of rotatable bonds is 8. The van der Waals surface area contributed by atoms with Crippen molar-refractivity contribution in [2.75, 3.05) is 33.9 Å². The number of aryl methyl sites for hydroxylation is 1. The van der Waals surface area contributed by atoms with Gasteiger partial charge in [0.15, 0.2) is 0 Å². The summed E-state index contributed by atoms with van der Waals surface area (Å²) in [6.07, 6.45) is 7.90. The maximum absolute atomic E-state index is 13.0. The van der Waals surface area contributed by atoms with Gasteiger partial charge in [-0.1, -0.05) is 0 Å². The first-order valence-corrected chi connectivity index (χ1v) is 11.5. The van der Waals surface area contributed by atoms with Crippen LogP contribution in [-0.4, -0.2) is 65.6 Å². The third kappa shape index (κ3) is 5.21. The first-order chi connectivity index (χ1) is 15.5. The van der Waals surface area contributed by atoms with Gasteiger partial charge in [-0.25, -0.2) is 4.98 Å². The molecule has 0 radical (unpaired) electrons. The largest absolute Gasteiger partial charge is 0.496 e. The van der Waals surface area contributed by atoms with Crippen molar-refractivity contribution in [1.82, 2.24) is 19.8 Å². The molecule has 7 nitrogen and oxygen atoms in total. The highest BCUT2D eigenvalue weighted by Gasteiger charge is 2.27. The summed E-state index contributed by atoms with van der Waals surface area (Å²) in [6.45, 7) is 7.49. The minimum atomic E-state index is 0.0190. The molecule has 1 aliphatic carbocycles. The maximum Gasteiger partial charge on any atom is 0.255 e. The lowest BCUT2D eigenvalue weighted by molar-refractivity contribution is 0.0634. The van der Waals surface area contributed by atoms with E-state index >= 15 is 0 Å². The second kappa shape index (κ2) is 9.86. The van der Waals surface area contributed by atoms with E-state index in [1.807, 2.05) is 31.1 Å². The standard InChI is InChI=1S/C25H34N4O3/c1-17-13-26-22(18(2)24(17)31-4)15-29-11-9-21(10-12-29)28(3)25(30)20-7-8-23(27-14-20)32-16-19-5-6-19/h7-8,13-14,19,21H,5-6,9-12,15-16H2,1-4H3. The van der Waals surface area contributed by atoms with Crippen LogP contribution in [0.1, 0.15) is 52.9 Å². The van der Waals surface area contributed by atoms with Crippen molar-refractivity contribution < 1.29 is 14.3 Å². The summed E-state index contributed by atoms with van der Waals surface area (Å²) in [5.41, 5.74) is 3.84. The van der Waals surface area contributed by atoms with Gasteiger partial charge in [-0.3, -0.25) is 14.7 Å². The molecule has 2 aliphatic rings. The normalized spacial score (nSPS) is 17.2. The Kier molecular flexibility index (Phi) is 6.94. The number of piperidine rings is 1. The number of carbonyl (C=O) groups is 1. The molecule has 0 atom stereocenters. The fraction of sp³-hybridized carbons (Fsp3) is 0.560. The van der Waals surface area contributed by atoms with Gasteiger partial charge in [0.2, 0.25) is 5.88 Å². The van der Waals surface area contributed by atoms with Crippen molar-refractivity contribution in [3.05, 3.63) is 46.9 Å². The van der Waals surface area contributed by atoms with E-state index in [-0.39, 0.29) is 11.9 Å². The van der Waals surface area contributed by atoms with Gasteiger partial charge < -0.3 is 14.4 Å². The van der Waals surface area contributed by atoms with Crippen molar-refractivity contribution in [3.63, 3.8) is 0 Å². The molecule has 0 unspecified atom stereocenters. The second-order valence-electron chi connectivity index (χ2n) is 9.11. The molecule has 2 aromatic heterocycles. The Bertz CT molecular complexity index is 935. The van der Waals surface area contributed by atoms with Crippen molar-refractivity contribution >= 4 is 5.91 Å². The van der Waals surface area contributed by atoms with Gasteiger partial charge in [0, 0.05) is 62.3 Å². The first kappa shape index (κ1) is 22.5. The van der Waals surface area contributed by atoms with Crippen LogP contribution >= 0.6 is 0 Å². The molecule has 32 heavy (non-hydrogen) atoms. The van der Waals surface area contributed by atoms with Gasteiger partial charge >= 0.3 is 0 Å². The molecular weight excluding hydrogens is 404 g/mol. The zero-order chi connectivity index (χ0) is 22.7. The molecule has 0 spiro atoms. The van der Waals surface area contributed by atoms with Crippen LogP contribution in [0.15, 0.2) is 24.5 Å². The molecular formula is C25H34N4O3. The number of hydrogen-bond acceptors (Lipinski definition) is 6. The van der Waals surface area contributed by atoms with Crippen LogP contribution in [0.4, 0.5) is 0 Å². The zero-order valence-corrected chi connectivity index (χ0v) is 19.6. The van der Waals surface area contributed by atoms with E-state index in [1.54, 1.807) is 19.4 Å². The van der Waals surface area contributed by atoms with Crippen molar-refractivity contribution in [2.45, 2.75) is 52.1 Å². The van der Waals surface area contributed by atoms with Crippen molar-refractivity contribution in [3.8, 4) is 11.6 Å². The minimum absolute atomic E-state index is 0.0190. The Morgan fingerprint density at radius 2 is 1.88 bits per heavy atom. The number of likely N-dealkylation sites (tertiary alicyclic amines) is 1. The third-order valence-corrected chi connectivity index (χ3v) is 6.70. The van der Waals surface area contributed by atoms with Crippen LogP contribution in [0, 0.1) is 19.8 Å². The summed E-state index contributed by atoms with van der Waals surface area (Å²) in [7, 11) is 3.61. The molecule has 3 heterocycles. The molecule has 172 valence electrons. The van der Waals surface area contributed by atoms with Gasteiger partial charge in [-0.15, -0.1) is 0 Å². The molecule has 0 aromatic carbocycles. The zero-order valence-electron chi connectivity index (χ0n) is 19.6. The number of methoxy groups -OCH3 is 1. The van der Waals surface area contributed by atoms with Gasteiger partial charge in [0.25, 0.3) is 5.91 Å². The van der Waals surface area contributed by atoms with Gasteiger partial charge in [0.05, 0.1) is 25.0 Å². The quantitative estimate of drug-likeness (QED) is 0.627. The maximum atomic E-state index is 13.0. The molecule has 1 aliphatic heterocycles. The molecule has 1 saturated carbocycles. The smallest absolute Gasteiger partial charge is 0.255 e. The molecule has 1 saturated heterocycles. The van der Waals surface area contributed by atoms with Crippen LogP contribution in [0.2, 0.25) is 0 Å². The van der Waals surface area contributed by atoms with E-state index in [0.29, 0.717) is 17.4 Å². The lowest BCUT2D eigenvalue weighted by Crippen LogP contribution is -2.45. The van der Waals surface area contributed by atoms with Gasteiger partial charge in [0.1, 0.15) is 5.75 Å². The first-order valence-electron chi connectivity index (χ1n) is 11.5. The summed E-state index contributed by atoms with van der Waals surface area (Å²) >= 11 is 0. The monoisotopic (exact) mass is 438 g/mol. The third-order valence-electron chi connectivity index (χ3n) is 6.70. The number of aromatic nitrogens is 2. The van der Waals surface area contributed by atoms with E-state index < -0.39 is 0 Å². The van der Waals surface area contributed by atoms with E-state index in [4.69, 9.17) is 9.47 Å². The topological polar surface area (TPSA) is 67.8 Å². The lowest BCUT2D eigenvalue weighted by atomic mass is 10.0. The molecule has 0 bridgehead atoms. The minimum Gasteiger partial charge on any atom is -0.496 e. The Morgan fingerprint density at radius 3 is 2.50 bits per heavy atom. The fourth-order valence-electron chi connectivity index (χ4n) is 4.36. The van der Waals surface area contributed by atoms with Crippen LogP contribution in [0.3, 0.4) is 0 Å². The summed E-state index contributed by atoms with van der Waals surface area (Å²) in [6, 6.07) is 3.85. The molecule has 1 amide bonds. The Labute approximate surface area is 190 Å². The summed E-state index contributed by atoms with van der Waals surface area (Å²) in [4.78, 5) is 26.2. The van der Waals surface area contributed by atoms with E-state index in [0.717, 1.165) is 61.7 Å². The van der Waals surface area contributed by atoms with Gasteiger partial charge in [-0.2, -0.15) is 0 Å². The summed E-state index contributed by atoms with van der Waals surface area (Å²) in [5, 5.41) is 0. The number of nitrogens with zero attached hydrogens (tertiary/aromatic N) is 4. The van der Waals surface area contributed by atoms with Crippen LogP contribution in [-0.2, 0) is 6.54 Å². The molecule has 0 N–H and O–H groups in total. The SMILES string of the molecule is COc1c(C)cnc(CN2CCC(N(C)C(=O)c3ccc(OCC4CC4)nc3)CC2)c1C. The van der Waals surface area contributed by atoms with Crippen LogP contribution in [0.25, 0.3) is 0 Å². The van der Waals surface area contributed by atoms with E-state index in [2.05, 4.69) is 21.8 Å². The second-order valence-corrected chi connectivity index (χ2v) is 9.11. The summed E-state index contributed by atoms with van der Waals surface area (Å²) < 4.78 is 11.2. The summed E-state index contributed by atoms with van der Waals surface area (Å²) in [5.74, 6) is 2.22.